The smallest absolute Gasteiger partial charge is 0.122 e. The zero-order valence-corrected chi connectivity index (χ0v) is 11.1. The summed E-state index contributed by atoms with van der Waals surface area (Å²) in [5, 5.41) is 8.28. The van der Waals surface area contributed by atoms with E-state index >= 15 is 0 Å². The predicted octanol–water partition coefficient (Wildman–Crippen LogP) is 3.45. The van der Waals surface area contributed by atoms with Crippen LogP contribution >= 0.6 is 11.8 Å². The Kier molecular flexibility index (Phi) is 4.11. The molecule has 1 aromatic carbocycles. The van der Waals surface area contributed by atoms with E-state index in [4.69, 9.17) is 11.1 Å². The highest BCUT2D eigenvalue weighted by atomic mass is 32.2. The van der Waals surface area contributed by atoms with Crippen LogP contribution in [-0.2, 0) is 5.75 Å². The van der Waals surface area contributed by atoms with Crippen LogP contribution in [0.15, 0.2) is 18.2 Å². The Bertz CT molecular complexity index is 409. The van der Waals surface area contributed by atoms with Gasteiger partial charge in [0.15, 0.2) is 0 Å². The third-order valence-electron chi connectivity index (χ3n) is 3.43. The maximum absolute atomic E-state index is 7.41. The highest BCUT2D eigenvalue weighted by Crippen LogP contribution is 2.32. The molecule has 0 radical (unpaired) electrons. The number of nitrogen functional groups attached to an aromatic ring is 1. The van der Waals surface area contributed by atoms with Crippen molar-refractivity contribution in [3.8, 4) is 0 Å². The molecule has 92 valence electrons. The zero-order chi connectivity index (χ0) is 12.3. The Balaban J connectivity index is 1.98. The Hall–Kier alpha value is -0.960. The molecule has 0 saturated heterocycles. The summed E-state index contributed by atoms with van der Waals surface area (Å²) in [5.74, 6) is 1.25. The lowest BCUT2D eigenvalue weighted by Crippen LogP contribution is -2.11. The first-order valence-electron chi connectivity index (χ1n) is 6.22. The molecule has 0 heterocycles. The minimum atomic E-state index is 0.156. The van der Waals surface area contributed by atoms with Crippen LogP contribution in [0.4, 0.5) is 0 Å². The number of nitrogens with one attached hydrogen (secondary N) is 1. The molecule has 0 spiro atoms. The van der Waals surface area contributed by atoms with E-state index in [1.807, 2.05) is 12.1 Å². The van der Waals surface area contributed by atoms with Gasteiger partial charge in [0, 0.05) is 16.6 Å². The van der Waals surface area contributed by atoms with Crippen molar-refractivity contribution in [2.24, 2.45) is 5.73 Å². The van der Waals surface area contributed by atoms with Crippen molar-refractivity contribution >= 4 is 17.6 Å². The lowest BCUT2D eigenvalue weighted by atomic mass is 10.1. The monoisotopic (exact) mass is 248 g/mol. The second-order valence-corrected chi connectivity index (χ2v) is 6.06. The van der Waals surface area contributed by atoms with Gasteiger partial charge in [-0.15, -0.1) is 0 Å². The Morgan fingerprint density at radius 1 is 1.41 bits per heavy atom. The fraction of sp³-hybridized carbons (Fsp3) is 0.500. The standard InChI is InChI=1S/C14H20N2S/c1-10-8-11(14(15)16)6-7-12(10)9-17-13-4-2-3-5-13/h6-8,13H,2-5,9H2,1H3,(H3,15,16). The summed E-state index contributed by atoms with van der Waals surface area (Å²) in [6.07, 6.45) is 5.57. The lowest BCUT2D eigenvalue weighted by Gasteiger charge is -2.11. The van der Waals surface area contributed by atoms with Crippen LogP contribution in [0, 0.1) is 12.3 Å². The second kappa shape index (κ2) is 5.58. The molecule has 3 heteroatoms. The summed E-state index contributed by atoms with van der Waals surface area (Å²) in [4.78, 5) is 0. The molecular formula is C14H20N2S. The molecule has 0 bridgehead atoms. The van der Waals surface area contributed by atoms with Crippen LogP contribution in [0.3, 0.4) is 0 Å². The van der Waals surface area contributed by atoms with E-state index in [1.54, 1.807) is 0 Å². The maximum Gasteiger partial charge on any atom is 0.122 e. The molecule has 0 unspecified atom stereocenters. The molecule has 1 aliphatic carbocycles. The first-order chi connectivity index (χ1) is 8.16. The summed E-state index contributed by atoms with van der Waals surface area (Å²) >= 11 is 2.08. The molecule has 1 aliphatic rings. The fourth-order valence-electron chi connectivity index (χ4n) is 2.29. The second-order valence-electron chi connectivity index (χ2n) is 4.77. The number of nitrogens with two attached hydrogens (primary N) is 1. The number of hydrogen-bond donors (Lipinski definition) is 2. The summed E-state index contributed by atoms with van der Waals surface area (Å²) < 4.78 is 0. The van der Waals surface area contributed by atoms with Crippen molar-refractivity contribution in [3.63, 3.8) is 0 Å². The van der Waals surface area contributed by atoms with Crippen molar-refractivity contribution in [1.29, 1.82) is 5.41 Å². The molecular weight excluding hydrogens is 228 g/mol. The largest absolute Gasteiger partial charge is 0.384 e. The third kappa shape index (κ3) is 3.25. The first kappa shape index (κ1) is 12.5. The van der Waals surface area contributed by atoms with Gasteiger partial charge in [0.1, 0.15) is 5.84 Å². The minimum absolute atomic E-state index is 0.156. The molecule has 1 aromatic rings. The van der Waals surface area contributed by atoms with E-state index in [2.05, 4.69) is 24.8 Å². The molecule has 2 nitrogen and oxygen atoms in total. The number of hydrogen-bond acceptors (Lipinski definition) is 2. The van der Waals surface area contributed by atoms with Gasteiger partial charge in [-0.05, 0) is 37.0 Å². The van der Waals surface area contributed by atoms with Crippen LogP contribution in [0.2, 0.25) is 0 Å². The molecule has 0 aliphatic heterocycles. The van der Waals surface area contributed by atoms with Gasteiger partial charge in [-0.3, -0.25) is 5.41 Å². The van der Waals surface area contributed by atoms with Gasteiger partial charge in [-0.2, -0.15) is 11.8 Å². The van der Waals surface area contributed by atoms with Gasteiger partial charge in [-0.25, -0.2) is 0 Å². The van der Waals surface area contributed by atoms with Gasteiger partial charge in [0.25, 0.3) is 0 Å². The number of aryl methyl sites for hydroxylation is 1. The van der Waals surface area contributed by atoms with Gasteiger partial charge in [0.05, 0.1) is 0 Å². The predicted molar refractivity (Wildman–Crippen MR) is 75.7 cm³/mol. The fourth-order valence-corrected chi connectivity index (χ4v) is 3.69. The van der Waals surface area contributed by atoms with Gasteiger partial charge in [0.2, 0.25) is 0 Å². The average Bonchev–Trinajstić information content (AvgIpc) is 2.80. The molecule has 1 saturated carbocycles. The quantitative estimate of drug-likeness (QED) is 0.633. The van der Waals surface area contributed by atoms with Crippen molar-refractivity contribution in [2.75, 3.05) is 0 Å². The zero-order valence-electron chi connectivity index (χ0n) is 10.3. The van der Waals surface area contributed by atoms with Crippen LogP contribution in [0.5, 0.6) is 0 Å². The third-order valence-corrected chi connectivity index (χ3v) is 4.85. The molecule has 1 fully saturated rings. The van der Waals surface area contributed by atoms with Crippen molar-refractivity contribution < 1.29 is 0 Å². The Morgan fingerprint density at radius 2 is 2.12 bits per heavy atom. The number of amidine groups is 1. The molecule has 2 rings (SSSR count). The van der Waals surface area contributed by atoms with Gasteiger partial charge < -0.3 is 5.73 Å². The average molecular weight is 248 g/mol. The molecule has 17 heavy (non-hydrogen) atoms. The number of benzene rings is 1. The maximum atomic E-state index is 7.41. The van der Waals surface area contributed by atoms with E-state index in [0.717, 1.165) is 16.6 Å². The Morgan fingerprint density at radius 3 is 2.71 bits per heavy atom. The van der Waals surface area contributed by atoms with E-state index in [0.29, 0.717) is 0 Å². The summed E-state index contributed by atoms with van der Waals surface area (Å²) in [6.45, 7) is 2.11. The number of rotatable bonds is 4. The van der Waals surface area contributed by atoms with Crippen molar-refractivity contribution in [2.45, 2.75) is 43.6 Å². The summed E-state index contributed by atoms with van der Waals surface area (Å²) in [6, 6.07) is 6.10. The summed E-state index contributed by atoms with van der Waals surface area (Å²) in [5.41, 5.74) is 8.95. The summed E-state index contributed by atoms with van der Waals surface area (Å²) in [7, 11) is 0. The van der Waals surface area contributed by atoms with Gasteiger partial charge in [-0.1, -0.05) is 25.0 Å². The van der Waals surface area contributed by atoms with Crippen molar-refractivity contribution in [1.82, 2.24) is 0 Å². The highest BCUT2D eigenvalue weighted by Gasteiger charge is 2.15. The van der Waals surface area contributed by atoms with Gasteiger partial charge >= 0.3 is 0 Å². The van der Waals surface area contributed by atoms with E-state index in [9.17, 15) is 0 Å². The van der Waals surface area contributed by atoms with E-state index < -0.39 is 0 Å². The molecule has 0 atom stereocenters. The van der Waals surface area contributed by atoms with Crippen LogP contribution < -0.4 is 5.73 Å². The molecule has 0 aromatic heterocycles. The first-order valence-corrected chi connectivity index (χ1v) is 7.27. The van der Waals surface area contributed by atoms with Crippen LogP contribution in [-0.4, -0.2) is 11.1 Å². The number of thioether (sulfide) groups is 1. The van der Waals surface area contributed by atoms with E-state index in [1.165, 1.54) is 36.8 Å². The van der Waals surface area contributed by atoms with E-state index in [-0.39, 0.29) is 5.84 Å². The normalized spacial score (nSPS) is 16.3. The minimum Gasteiger partial charge on any atom is -0.384 e. The molecule has 0 amide bonds. The van der Waals surface area contributed by atoms with Crippen LogP contribution in [0.25, 0.3) is 0 Å². The highest BCUT2D eigenvalue weighted by molar-refractivity contribution is 7.99. The molecule has 3 N–H and O–H groups in total. The van der Waals surface area contributed by atoms with Crippen molar-refractivity contribution in [3.05, 3.63) is 34.9 Å². The topological polar surface area (TPSA) is 49.9 Å². The lowest BCUT2D eigenvalue weighted by molar-refractivity contribution is 0.886. The SMILES string of the molecule is Cc1cc(C(=N)N)ccc1CSC1CCCC1. The van der Waals surface area contributed by atoms with Crippen LogP contribution in [0.1, 0.15) is 42.4 Å². The Labute approximate surface area is 107 Å².